The van der Waals surface area contributed by atoms with Crippen LogP contribution < -0.4 is 5.32 Å². The fourth-order valence-electron chi connectivity index (χ4n) is 1.67. The van der Waals surface area contributed by atoms with E-state index in [4.69, 9.17) is 0 Å². The zero-order chi connectivity index (χ0) is 14.2. The maximum atomic E-state index is 11.7. The van der Waals surface area contributed by atoms with Crippen LogP contribution in [0.5, 0.6) is 0 Å². The van der Waals surface area contributed by atoms with Gasteiger partial charge in [-0.05, 0) is 35.9 Å². The van der Waals surface area contributed by atoms with E-state index in [1.54, 1.807) is 6.20 Å². The van der Waals surface area contributed by atoms with E-state index in [2.05, 4.69) is 22.9 Å². The predicted octanol–water partition coefficient (Wildman–Crippen LogP) is 2.91. The summed E-state index contributed by atoms with van der Waals surface area (Å²) in [5.74, 6) is 0.565. The van der Waals surface area contributed by atoms with E-state index in [0.29, 0.717) is 17.9 Å². The smallest absolute Gasteiger partial charge is 0.251 e. The Kier molecular flexibility index (Phi) is 5.38. The van der Waals surface area contributed by atoms with Crippen LogP contribution in [0.1, 0.15) is 21.6 Å². The first-order valence-corrected chi connectivity index (χ1v) is 7.01. The highest BCUT2D eigenvalue weighted by atomic mass is 32.1. The van der Waals surface area contributed by atoms with Crippen molar-refractivity contribution in [3.8, 4) is 0 Å². The molecular weight excluding hydrogens is 268 g/mol. The molecule has 0 aliphatic carbocycles. The lowest BCUT2D eigenvalue weighted by Crippen LogP contribution is -2.25. The van der Waals surface area contributed by atoms with Crippen molar-refractivity contribution in [1.29, 1.82) is 0 Å². The van der Waals surface area contributed by atoms with Gasteiger partial charge in [-0.1, -0.05) is 24.3 Å². The zero-order valence-electron chi connectivity index (χ0n) is 11.0. The number of carbonyl (C=O) groups is 1. The van der Waals surface area contributed by atoms with Crippen LogP contribution >= 0.6 is 12.6 Å². The highest BCUT2D eigenvalue weighted by molar-refractivity contribution is 7.80. The van der Waals surface area contributed by atoms with Gasteiger partial charge in [0.05, 0.1) is 5.69 Å². The summed E-state index contributed by atoms with van der Waals surface area (Å²) in [5, 5.41) is 2.78. The van der Waals surface area contributed by atoms with Crippen LogP contribution in [0.15, 0.2) is 48.7 Å². The number of nitrogens with one attached hydrogen (secondary N) is 1. The van der Waals surface area contributed by atoms with Crippen molar-refractivity contribution in [2.24, 2.45) is 0 Å². The number of carbonyl (C=O) groups excluding carboxylic acids is 1. The third-order valence-corrected chi connectivity index (χ3v) is 2.93. The van der Waals surface area contributed by atoms with E-state index in [0.717, 1.165) is 11.3 Å². The Morgan fingerprint density at radius 1 is 1.15 bits per heavy atom. The molecule has 4 heteroatoms. The molecule has 102 valence electrons. The van der Waals surface area contributed by atoms with Crippen molar-refractivity contribution < 1.29 is 4.79 Å². The maximum absolute atomic E-state index is 11.7. The van der Waals surface area contributed by atoms with Crippen LogP contribution in [-0.2, 0) is 0 Å². The lowest BCUT2D eigenvalue weighted by molar-refractivity contribution is 0.0956. The van der Waals surface area contributed by atoms with Gasteiger partial charge >= 0.3 is 0 Å². The third-order valence-electron chi connectivity index (χ3n) is 2.70. The Labute approximate surface area is 124 Å². The Hall–Kier alpha value is -2.07. The number of nitrogens with zero attached hydrogens (tertiary/aromatic N) is 1. The summed E-state index contributed by atoms with van der Waals surface area (Å²) in [6.45, 7) is 0.573. The van der Waals surface area contributed by atoms with Gasteiger partial charge in [0.25, 0.3) is 5.91 Å². The molecular formula is C16H16N2OS. The van der Waals surface area contributed by atoms with Gasteiger partial charge in [-0.3, -0.25) is 9.78 Å². The van der Waals surface area contributed by atoms with Gasteiger partial charge in [-0.2, -0.15) is 12.6 Å². The highest BCUT2D eigenvalue weighted by Crippen LogP contribution is 2.08. The fourth-order valence-corrected chi connectivity index (χ4v) is 1.79. The van der Waals surface area contributed by atoms with Crippen LogP contribution in [0.25, 0.3) is 12.2 Å². The minimum atomic E-state index is -0.0701. The van der Waals surface area contributed by atoms with Crippen molar-refractivity contribution in [1.82, 2.24) is 10.3 Å². The zero-order valence-corrected chi connectivity index (χ0v) is 11.9. The molecule has 3 nitrogen and oxygen atoms in total. The molecule has 0 saturated heterocycles. The molecule has 0 aliphatic heterocycles. The summed E-state index contributed by atoms with van der Waals surface area (Å²) in [6.07, 6.45) is 5.67. The summed E-state index contributed by atoms with van der Waals surface area (Å²) in [4.78, 5) is 15.9. The first kappa shape index (κ1) is 14.3. The van der Waals surface area contributed by atoms with Crippen LogP contribution in [0.3, 0.4) is 0 Å². The van der Waals surface area contributed by atoms with Crippen molar-refractivity contribution in [2.45, 2.75) is 0 Å². The van der Waals surface area contributed by atoms with E-state index in [1.165, 1.54) is 0 Å². The van der Waals surface area contributed by atoms with E-state index < -0.39 is 0 Å². The second kappa shape index (κ2) is 7.50. The van der Waals surface area contributed by atoms with E-state index in [1.807, 2.05) is 54.6 Å². The van der Waals surface area contributed by atoms with Crippen molar-refractivity contribution in [3.63, 3.8) is 0 Å². The molecule has 2 aromatic rings. The third kappa shape index (κ3) is 4.24. The molecule has 1 N–H and O–H groups in total. The summed E-state index contributed by atoms with van der Waals surface area (Å²) in [5.41, 5.74) is 2.59. The minimum Gasteiger partial charge on any atom is -0.351 e. The van der Waals surface area contributed by atoms with Gasteiger partial charge in [0.1, 0.15) is 0 Å². The molecule has 1 aromatic carbocycles. The number of hydrogen-bond donors (Lipinski definition) is 2. The molecule has 1 aromatic heterocycles. The molecule has 0 bridgehead atoms. The molecule has 0 unspecified atom stereocenters. The van der Waals surface area contributed by atoms with E-state index in [-0.39, 0.29) is 5.91 Å². The van der Waals surface area contributed by atoms with E-state index >= 15 is 0 Å². The Morgan fingerprint density at radius 3 is 2.60 bits per heavy atom. The monoisotopic (exact) mass is 284 g/mol. The highest BCUT2D eigenvalue weighted by Gasteiger charge is 2.02. The number of hydrogen-bond acceptors (Lipinski definition) is 3. The Bertz CT molecular complexity index is 579. The lowest BCUT2D eigenvalue weighted by Gasteiger charge is -2.03. The summed E-state index contributed by atoms with van der Waals surface area (Å²) in [6, 6.07) is 13.2. The second-order valence-corrected chi connectivity index (χ2v) is 4.64. The average molecular weight is 284 g/mol. The summed E-state index contributed by atoms with van der Waals surface area (Å²) < 4.78 is 0. The quantitative estimate of drug-likeness (QED) is 0.829. The lowest BCUT2D eigenvalue weighted by atomic mass is 10.1. The van der Waals surface area contributed by atoms with Crippen molar-refractivity contribution in [2.75, 3.05) is 12.3 Å². The number of aromatic nitrogens is 1. The summed E-state index contributed by atoms with van der Waals surface area (Å²) >= 11 is 4.06. The molecule has 0 saturated carbocycles. The first-order chi connectivity index (χ1) is 9.79. The standard InChI is InChI=1S/C16H16N2OS/c19-16(18-11-12-20)14-7-4-13(5-8-14)6-9-15-3-1-2-10-17-15/h1-10,20H,11-12H2,(H,18,19)/b9-6+. The number of amides is 1. The minimum absolute atomic E-state index is 0.0701. The topological polar surface area (TPSA) is 42.0 Å². The number of thiol groups is 1. The molecule has 1 amide bonds. The molecule has 0 atom stereocenters. The number of pyridine rings is 1. The molecule has 0 spiro atoms. The molecule has 20 heavy (non-hydrogen) atoms. The van der Waals surface area contributed by atoms with Crippen LogP contribution in [0.4, 0.5) is 0 Å². The Balaban J connectivity index is 2.01. The molecule has 0 fully saturated rings. The molecule has 1 heterocycles. The Morgan fingerprint density at radius 2 is 1.95 bits per heavy atom. The van der Waals surface area contributed by atoms with Crippen LogP contribution in [-0.4, -0.2) is 23.2 Å². The van der Waals surface area contributed by atoms with E-state index in [9.17, 15) is 4.79 Å². The number of rotatable bonds is 5. The normalized spacial score (nSPS) is 10.7. The first-order valence-electron chi connectivity index (χ1n) is 6.38. The summed E-state index contributed by atoms with van der Waals surface area (Å²) in [7, 11) is 0. The molecule has 0 aliphatic rings. The van der Waals surface area contributed by atoms with Crippen molar-refractivity contribution >= 4 is 30.7 Å². The second-order valence-electron chi connectivity index (χ2n) is 4.19. The number of benzene rings is 1. The average Bonchev–Trinajstić information content (AvgIpc) is 2.52. The largest absolute Gasteiger partial charge is 0.351 e. The van der Waals surface area contributed by atoms with Gasteiger partial charge in [-0.25, -0.2) is 0 Å². The van der Waals surface area contributed by atoms with Gasteiger partial charge in [-0.15, -0.1) is 0 Å². The molecule has 2 rings (SSSR count). The van der Waals surface area contributed by atoms with Gasteiger partial charge in [0, 0.05) is 24.1 Å². The van der Waals surface area contributed by atoms with Crippen LogP contribution in [0.2, 0.25) is 0 Å². The van der Waals surface area contributed by atoms with Gasteiger partial charge < -0.3 is 5.32 Å². The van der Waals surface area contributed by atoms with Crippen LogP contribution in [0, 0.1) is 0 Å². The fraction of sp³-hybridized carbons (Fsp3) is 0.125. The maximum Gasteiger partial charge on any atom is 0.251 e. The SMILES string of the molecule is O=C(NCCS)c1ccc(/C=C/c2ccccn2)cc1. The van der Waals surface area contributed by atoms with Gasteiger partial charge in [0.2, 0.25) is 0 Å². The van der Waals surface area contributed by atoms with Gasteiger partial charge in [0.15, 0.2) is 0 Å². The van der Waals surface area contributed by atoms with Crippen molar-refractivity contribution in [3.05, 3.63) is 65.5 Å². The predicted molar refractivity (Wildman–Crippen MR) is 85.8 cm³/mol. The molecule has 0 radical (unpaired) electrons.